The minimum Gasteiger partial charge on any atom is -0.478 e. The number of carbonyl (C=O) groups excluding carboxylic acids is 2. The van der Waals surface area contributed by atoms with Crippen LogP contribution in [0.5, 0.6) is 0 Å². The van der Waals surface area contributed by atoms with Crippen LogP contribution in [0.1, 0.15) is 34.5 Å². The molecule has 1 rings (SSSR count). The van der Waals surface area contributed by atoms with Crippen molar-refractivity contribution in [1.29, 1.82) is 0 Å². The third-order valence-electron chi connectivity index (χ3n) is 4.54. The van der Waals surface area contributed by atoms with Crippen LogP contribution in [0.3, 0.4) is 0 Å². The van der Waals surface area contributed by atoms with Crippen molar-refractivity contribution in [3.63, 3.8) is 0 Å². The molecule has 0 aromatic rings. The predicted molar refractivity (Wildman–Crippen MR) is 115 cm³/mol. The van der Waals surface area contributed by atoms with Gasteiger partial charge in [-0.15, -0.1) is 0 Å². The Morgan fingerprint density at radius 3 is 2.56 bits per heavy atom. The number of nitrogens with zero attached hydrogens (tertiary/aromatic N) is 1. The average Bonchev–Trinajstić information content (AvgIpc) is 2.71. The van der Waals surface area contributed by atoms with Gasteiger partial charge in [0.2, 0.25) is 17.6 Å². The van der Waals surface area contributed by atoms with Crippen LogP contribution < -0.4 is 22.1 Å². The van der Waals surface area contributed by atoms with Crippen LogP contribution in [-0.4, -0.2) is 89.2 Å². The van der Waals surface area contributed by atoms with E-state index in [1.807, 2.05) is 6.92 Å². The molecular weight excluding hydrogens is 426 g/mol. The Morgan fingerprint density at radius 1 is 1.31 bits per heavy atom. The number of aliphatic hydroxyl groups is 2. The second-order valence-electron chi connectivity index (χ2n) is 7.27. The summed E-state index contributed by atoms with van der Waals surface area (Å²) in [6, 6.07) is -2.17. The lowest BCUT2D eigenvalue weighted by Gasteiger charge is -2.38. The highest BCUT2D eigenvalue weighted by atomic mass is 16.5. The molecule has 13 heteroatoms. The number of amides is 2. The number of carbonyl (C=O) groups is 3. The van der Waals surface area contributed by atoms with Gasteiger partial charge in [0, 0.05) is 27.9 Å². The molecule has 0 aliphatic carbocycles. The summed E-state index contributed by atoms with van der Waals surface area (Å²) < 4.78 is 10.6. The third-order valence-corrected chi connectivity index (χ3v) is 4.54. The van der Waals surface area contributed by atoms with Gasteiger partial charge in [-0.25, -0.2) is 9.79 Å². The maximum Gasteiger partial charge on any atom is 0.370 e. The second kappa shape index (κ2) is 13.5. The fourth-order valence-corrected chi connectivity index (χ4v) is 2.97. The molecular formula is C19H35N5O8. The molecule has 5 atom stereocenters. The van der Waals surface area contributed by atoms with E-state index < -0.39 is 53.9 Å². The summed E-state index contributed by atoms with van der Waals surface area (Å²) in [6.07, 6.45) is -1.66. The molecule has 184 valence electrons. The molecule has 2 amide bonds. The van der Waals surface area contributed by atoms with Crippen molar-refractivity contribution in [3.8, 4) is 0 Å². The van der Waals surface area contributed by atoms with Gasteiger partial charge in [0.25, 0.3) is 0 Å². The Bertz CT molecular complexity index is 716. The van der Waals surface area contributed by atoms with Crippen LogP contribution in [0.2, 0.25) is 0 Å². The molecule has 0 fully saturated rings. The highest BCUT2D eigenvalue weighted by Gasteiger charge is 2.43. The summed E-state index contributed by atoms with van der Waals surface area (Å²) in [5.74, 6) is -3.32. The van der Waals surface area contributed by atoms with Crippen LogP contribution in [0.4, 0.5) is 0 Å². The summed E-state index contributed by atoms with van der Waals surface area (Å²) in [7, 11) is 0. The number of hydrogen-bond donors (Lipinski definition) is 7. The average molecular weight is 464 g/mol. The first-order chi connectivity index (χ1) is 15.1. The van der Waals surface area contributed by atoms with Crippen molar-refractivity contribution in [2.24, 2.45) is 16.5 Å². The minimum atomic E-state index is -1.70. The second-order valence-corrected chi connectivity index (χ2v) is 7.27. The number of rotatable bonds is 13. The smallest absolute Gasteiger partial charge is 0.370 e. The molecule has 0 unspecified atom stereocenters. The normalized spacial score (nSPS) is 22.0. The monoisotopic (exact) mass is 463 g/mol. The lowest BCUT2D eigenvalue weighted by atomic mass is 9.92. The molecule has 0 saturated heterocycles. The molecule has 0 saturated carbocycles. The summed E-state index contributed by atoms with van der Waals surface area (Å²) in [4.78, 5) is 38.9. The first kappa shape index (κ1) is 27.1. The number of guanidine groups is 1. The highest BCUT2D eigenvalue weighted by molar-refractivity contribution is 5.85. The molecule has 13 nitrogen and oxygen atoms in total. The lowest BCUT2D eigenvalue weighted by molar-refractivity contribution is -0.144. The molecule has 0 aromatic carbocycles. The maximum atomic E-state index is 11.9. The van der Waals surface area contributed by atoms with Gasteiger partial charge in [-0.05, 0) is 12.5 Å². The van der Waals surface area contributed by atoms with Crippen molar-refractivity contribution in [2.45, 2.75) is 63.5 Å². The number of hydrogen-bond acceptors (Lipinski definition) is 8. The number of nitrogens with two attached hydrogens (primary N) is 2. The number of nitrogens with one attached hydrogen (secondary N) is 2. The number of aliphatic imine (C=N–C) groups is 1. The number of ether oxygens (including phenoxy) is 2. The van der Waals surface area contributed by atoms with Gasteiger partial charge in [-0.2, -0.15) is 0 Å². The zero-order chi connectivity index (χ0) is 24.3. The molecule has 0 spiro atoms. The number of carboxylic acid groups (broad SMARTS) is 1. The fraction of sp³-hybridized carbons (Fsp3) is 0.684. The van der Waals surface area contributed by atoms with Gasteiger partial charge in [0.1, 0.15) is 18.3 Å². The van der Waals surface area contributed by atoms with Gasteiger partial charge in [0.15, 0.2) is 5.96 Å². The van der Waals surface area contributed by atoms with Crippen molar-refractivity contribution < 1.29 is 40.6 Å². The van der Waals surface area contributed by atoms with Gasteiger partial charge in [-0.1, -0.05) is 13.3 Å². The molecule has 0 bridgehead atoms. The molecule has 0 aromatic heterocycles. The van der Waals surface area contributed by atoms with Gasteiger partial charge < -0.3 is 46.9 Å². The number of carboxylic acids is 1. The van der Waals surface area contributed by atoms with Crippen molar-refractivity contribution in [1.82, 2.24) is 10.6 Å². The van der Waals surface area contributed by atoms with E-state index in [9.17, 15) is 29.7 Å². The summed E-state index contributed by atoms with van der Waals surface area (Å²) >= 11 is 0. The molecule has 9 N–H and O–H groups in total. The molecule has 1 aliphatic heterocycles. The SMILES string of the molecule is CCCCOCCC(=O)NC[C@@H](O)[C@@H](O)[C@@H]1OC(C(=O)O)=C[C@H](N=C(N)N)[C@H]1NC(C)=O.[3HH]. The van der Waals surface area contributed by atoms with Crippen molar-refractivity contribution >= 4 is 23.7 Å². The number of aliphatic hydroxyl groups excluding tert-OH is 2. The standard InChI is InChI=1S/C19H33N5O8.H2/c1-3-4-6-31-7-5-14(27)22-9-12(26)16(28)17-15(23-10(2)25)11(24-19(20)21)8-13(32-17)18(29)30;/h8,11-12,15-17,26,28H,3-7,9H2,1-2H3,(H,22,27)(H,23,25)(H,29,30)(H4,20,21,24);1H/t11-,12+,15+,16+,17+;/m0./s1/i;1+2. The summed E-state index contributed by atoms with van der Waals surface area (Å²) in [5, 5.41) is 35.3. The Hall–Kier alpha value is -2.90. The van der Waals surface area contributed by atoms with Crippen molar-refractivity contribution in [3.05, 3.63) is 11.8 Å². The zero-order valence-corrected chi connectivity index (χ0v) is 18.2. The molecule has 1 heterocycles. The van der Waals surface area contributed by atoms with Crippen LogP contribution in [0.25, 0.3) is 0 Å². The quantitative estimate of drug-likeness (QED) is 0.0886. The van der Waals surface area contributed by atoms with Gasteiger partial charge in [0.05, 0.1) is 18.7 Å². The Kier molecular flexibility index (Phi) is 11.4. The molecule has 32 heavy (non-hydrogen) atoms. The topological polar surface area (TPSA) is 219 Å². The van der Waals surface area contributed by atoms with Crippen LogP contribution in [0, 0.1) is 0 Å². The van der Waals surface area contributed by atoms with E-state index in [4.69, 9.17) is 20.9 Å². The Balaban J connectivity index is 0.0000102. The third kappa shape index (κ3) is 9.08. The lowest BCUT2D eigenvalue weighted by Crippen LogP contribution is -2.60. The van der Waals surface area contributed by atoms with E-state index in [2.05, 4.69) is 15.6 Å². The molecule has 1 aliphatic rings. The van der Waals surface area contributed by atoms with E-state index in [1.165, 1.54) is 6.92 Å². The fourth-order valence-electron chi connectivity index (χ4n) is 2.97. The number of aliphatic carboxylic acids is 1. The van der Waals surface area contributed by atoms with Gasteiger partial charge >= 0.3 is 5.97 Å². The maximum absolute atomic E-state index is 11.9. The van der Waals surface area contributed by atoms with Crippen LogP contribution in [0.15, 0.2) is 16.8 Å². The van der Waals surface area contributed by atoms with E-state index in [1.54, 1.807) is 0 Å². The van der Waals surface area contributed by atoms with E-state index in [0.29, 0.717) is 6.61 Å². The van der Waals surface area contributed by atoms with Gasteiger partial charge in [-0.3, -0.25) is 9.59 Å². The minimum absolute atomic E-state index is 0. The van der Waals surface area contributed by atoms with E-state index in [-0.39, 0.29) is 27.0 Å². The Labute approximate surface area is 187 Å². The van der Waals surface area contributed by atoms with Crippen LogP contribution in [-0.2, 0) is 23.9 Å². The largest absolute Gasteiger partial charge is 0.478 e. The van der Waals surface area contributed by atoms with E-state index >= 15 is 0 Å². The summed E-state index contributed by atoms with van der Waals surface area (Å²) in [5.41, 5.74) is 10.8. The van der Waals surface area contributed by atoms with E-state index in [0.717, 1.165) is 18.9 Å². The highest BCUT2D eigenvalue weighted by Crippen LogP contribution is 2.24. The summed E-state index contributed by atoms with van der Waals surface area (Å²) in [6.45, 7) is 3.63. The first-order valence-electron chi connectivity index (χ1n) is 10.2. The first-order valence-corrected chi connectivity index (χ1v) is 10.2. The predicted octanol–water partition coefficient (Wildman–Crippen LogP) is -2.21. The van der Waals surface area contributed by atoms with Crippen molar-refractivity contribution in [2.75, 3.05) is 19.8 Å². The van der Waals surface area contributed by atoms with Crippen LogP contribution >= 0.6 is 0 Å². The number of unbranched alkanes of at least 4 members (excludes halogenated alkanes) is 1. The molecule has 0 radical (unpaired) electrons. The Morgan fingerprint density at radius 2 is 2.00 bits per heavy atom. The zero-order valence-electron chi connectivity index (χ0n) is 18.2.